The second-order valence-corrected chi connectivity index (χ2v) is 9.40. The lowest BCUT2D eigenvalue weighted by Crippen LogP contribution is -2.30. The topological polar surface area (TPSA) is 107 Å². The Kier molecular flexibility index (Phi) is 6.21. The van der Waals surface area contributed by atoms with Crippen LogP contribution >= 0.6 is 0 Å². The predicted octanol–water partition coefficient (Wildman–Crippen LogP) is 4.44. The number of amides is 1. The molecule has 0 saturated carbocycles. The maximum Gasteiger partial charge on any atom is 0.272 e. The molecule has 196 valence electrons. The molecule has 0 aliphatic heterocycles. The number of aryl methyl sites for hydroxylation is 2. The molecular formula is C31H24N6O3. The smallest absolute Gasteiger partial charge is 0.272 e. The molecule has 1 N–H and O–H groups in total. The molecule has 0 saturated heterocycles. The Morgan fingerprint density at radius 1 is 1.02 bits per heavy atom. The van der Waals surface area contributed by atoms with E-state index >= 15 is 0 Å². The van der Waals surface area contributed by atoms with Gasteiger partial charge in [-0.15, -0.1) is 0 Å². The lowest BCUT2D eigenvalue weighted by molar-refractivity contribution is 0.0927. The van der Waals surface area contributed by atoms with Crippen molar-refractivity contribution >= 4 is 22.5 Å². The summed E-state index contributed by atoms with van der Waals surface area (Å²) in [5.74, 6) is 6.15. The number of hydrogen-bond acceptors (Lipinski definition) is 6. The molecule has 0 radical (unpaired) electrons. The van der Waals surface area contributed by atoms with Crippen molar-refractivity contribution < 1.29 is 9.21 Å². The summed E-state index contributed by atoms with van der Waals surface area (Å²) in [6.45, 7) is 3.54. The lowest BCUT2D eigenvalue weighted by atomic mass is 9.97. The number of imidazole rings is 1. The number of hydrogen-bond donors (Lipinski definition) is 1. The Bertz CT molecular complexity index is 2030. The molecule has 0 bridgehead atoms. The Labute approximate surface area is 229 Å². The summed E-state index contributed by atoms with van der Waals surface area (Å²) in [5.41, 5.74) is 3.91. The van der Waals surface area contributed by atoms with E-state index in [9.17, 15) is 9.59 Å². The molecule has 9 heteroatoms. The highest BCUT2D eigenvalue weighted by Gasteiger charge is 2.25. The molecule has 9 nitrogen and oxygen atoms in total. The highest BCUT2D eigenvalue weighted by atomic mass is 16.3. The number of fused-ring (bicyclic) bond motifs is 2. The number of benzene rings is 2. The minimum Gasteiger partial charge on any atom is -0.458 e. The Balaban J connectivity index is 1.48. The Hall–Kier alpha value is -5.49. The number of carbonyl (C=O) groups excluding carboxylic acids is 1. The van der Waals surface area contributed by atoms with Crippen molar-refractivity contribution in [1.82, 2.24) is 29.7 Å². The fourth-order valence-corrected chi connectivity index (χ4v) is 4.76. The van der Waals surface area contributed by atoms with Gasteiger partial charge in [0.15, 0.2) is 11.3 Å². The van der Waals surface area contributed by atoms with Crippen LogP contribution in [-0.2, 0) is 7.05 Å². The predicted molar refractivity (Wildman–Crippen MR) is 151 cm³/mol. The fourth-order valence-electron chi connectivity index (χ4n) is 4.76. The average molecular weight is 529 g/mol. The van der Waals surface area contributed by atoms with Crippen molar-refractivity contribution in [2.75, 3.05) is 0 Å². The summed E-state index contributed by atoms with van der Waals surface area (Å²) in [6, 6.07) is 17.5. The molecule has 2 aromatic carbocycles. The molecule has 0 aliphatic carbocycles. The molecule has 0 spiro atoms. The Morgan fingerprint density at radius 3 is 2.62 bits per heavy atom. The zero-order chi connectivity index (χ0) is 27.8. The summed E-state index contributed by atoms with van der Waals surface area (Å²) in [4.78, 5) is 32.0. The molecule has 1 amide bonds. The van der Waals surface area contributed by atoms with Gasteiger partial charge in [-0.05, 0) is 43.7 Å². The third-order valence-corrected chi connectivity index (χ3v) is 6.58. The van der Waals surface area contributed by atoms with Crippen LogP contribution in [0.3, 0.4) is 0 Å². The van der Waals surface area contributed by atoms with Gasteiger partial charge in [-0.2, -0.15) is 10.2 Å². The van der Waals surface area contributed by atoms with Crippen LogP contribution in [0.1, 0.15) is 46.0 Å². The summed E-state index contributed by atoms with van der Waals surface area (Å²) < 4.78 is 9.55. The van der Waals surface area contributed by atoms with Crippen LogP contribution < -0.4 is 10.7 Å². The van der Waals surface area contributed by atoms with Crippen LogP contribution in [0.15, 0.2) is 88.5 Å². The summed E-state index contributed by atoms with van der Waals surface area (Å²) >= 11 is 0. The van der Waals surface area contributed by atoms with Gasteiger partial charge in [0.05, 0.1) is 34.4 Å². The van der Waals surface area contributed by atoms with Gasteiger partial charge < -0.3 is 9.73 Å². The molecule has 4 aromatic heterocycles. The number of carbonyl (C=O) groups is 1. The van der Waals surface area contributed by atoms with Crippen molar-refractivity contribution in [3.63, 3.8) is 0 Å². The van der Waals surface area contributed by atoms with Crippen LogP contribution in [0.5, 0.6) is 0 Å². The van der Waals surface area contributed by atoms with Gasteiger partial charge in [-0.1, -0.05) is 48.2 Å². The zero-order valence-corrected chi connectivity index (χ0v) is 22.0. The van der Waals surface area contributed by atoms with E-state index in [1.807, 2.05) is 37.4 Å². The van der Waals surface area contributed by atoms with E-state index in [2.05, 4.69) is 32.3 Å². The van der Waals surface area contributed by atoms with Crippen molar-refractivity contribution in [3.8, 4) is 23.0 Å². The molecule has 0 fully saturated rings. The van der Waals surface area contributed by atoms with Crippen LogP contribution in [0.4, 0.5) is 0 Å². The maximum atomic E-state index is 14.2. The van der Waals surface area contributed by atoms with Crippen molar-refractivity contribution in [2.24, 2.45) is 7.05 Å². The minimum absolute atomic E-state index is 0.229. The third kappa shape index (κ3) is 4.41. The first-order chi connectivity index (χ1) is 19.4. The highest BCUT2D eigenvalue weighted by Crippen LogP contribution is 2.30. The van der Waals surface area contributed by atoms with E-state index in [1.165, 1.54) is 4.52 Å². The van der Waals surface area contributed by atoms with Gasteiger partial charge >= 0.3 is 0 Å². The van der Waals surface area contributed by atoms with Crippen LogP contribution in [0, 0.1) is 18.8 Å². The van der Waals surface area contributed by atoms with Gasteiger partial charge in [-0.3, -0.25) is 14.3 Å². The van der Waals surface area contributed by atoms with E-state index in [0.29, 0.717) is 50.5 Å². The van der Waals surface area contributed by atoms with E-state index < -0.39 is 6.04 Å². The third-order valence-electron chi connectivity index (χ3n) is 6.58. The average Bonchev–Trinajstić information content (AvgIpc) is 3.53. The van der Waals surface area contributed by atoms with E-state index in [1.54, 1.807) is 67.5 Å². The lowest BCUT2D eigenvalue weighted by Gasteiger charge is -2.18. The summed E-state index contributed by atoms with van der Waals surface area (Å²) in [5, 5.41) is 11.8. The fraction of sp³-hybridized carbons (Fsp3) is 0.129. The zero-order valence-electron chi connectivity index (χ0n) is 22.0. The summed E-state index contributed by atoms with van der Waals surface area (Å²) in [7, 11) is 1.82. The number of rotatable bonds is 4. The highest BCUT2D eigenvalue weighted by molar-refractivity contribution is 5.95. The second kappa shape index (κ2) is 10.0. The largest absolute Gasteiger partial charge is 0.458 e. The number of nitrogens with zero attached hydrogens (tertiary/aromatic N) is 5. The summed E-state index contributed by atoms with van der Waals surface area (Å²) in [6.07, 6.45) is 5.07. The van der Waals surface area contributed by atoms with Gasteiger partial charge in [-0.25, -0.2) is 9.50 Å². The van der Waals surface area contributed by atoms with Crippen LogP contribution in [-0.4, -0.2) is 30.3 Å². The first-order valence-corrected chi connectivity index (χ1v) is 12.7. The monoisotopic (exact) mass is 528 g/mol. The van der Waals surface area contributed by atoms with Crippen LogP contribution in [0.2, 0.25) is 0 Å². The Morgan fingerprint density at radius 2 is 1.85 bits per heavy atom. The molecule has 1 atom stereocenters. The molecule has 40 heavy (non-hydrogen) atoms. The molecule has 6 rings (SSSR count). The van der Waals surface area contributed by atoms with E-state index in [-0.39, 0.29) is 11.3 Å². The molecular weight excluding hydrogens is 504 g/mol. The molecule has 4 heterocycles. The van der Waals surface area contributed by atoms with Gasteiger partial charge in [0.1, 0.15) is 11.3 Å². The van der Waals surface area contributed by atoms with Crippen molar-refractivity contribution in [1.29, 1.82) is 0 Å². The molecule has 0 aliphatic rings. The minimum atomic E-state index is -0.654. The van der Waals surface area contributed by atoms with E-state index in [4.69, 9.17) is 4.42 Å². The van der Waals surface area contributed by atoms with E-state index in [0.717, 1.165) is 5.56 Å². The number of nitrogens with one attached hydrogen (secondary N) is 1. The first kappa shape index (κ1) is 24.8. The molecule has 0 unspecified atom stereocenters. The second-order valence-electron chi connectivity index (χ2n) is 9.40. The van der Waals surface area contributed by atoms with Crippen molar-refractivity contribution in [2.45, 2.75) is 19.9 Å². The maximum absolute atomic E-state index is 14.2. The quantitative estimate of drug-likeness (QED) is 0.339. The van der Waals surface area contributed by atoms with Crippen LogP contribution in [0.25, 0.3) is 27.7 Å². The SMILES string of the molecule is Cc1nc2cccnn2c1C(=O)N[C@@H](C)c1oc2cccc(C#Cc3cnn(C)c3)c2c(=O)c1-c1ccccc1. The van der Waals surface area contributed by atoms with Gasteiger partial charge in [0.2, 0.25) is 5.43 Å². The molecule has 6 aromatic rings. The standard InChI is InChI=1S/C31H24N6O3/c1-19-28(37-25(34-19)13-8-16-32-37)31(39)35-20(2)30-27(22-9-5-4-6-10-22)29(38)26-23(11-7-12-24(26)40-30)15-14-21-17-33-36(3)18-21/h4-13,16-18,20H,1-3H3,(H,35,39)/t20-/m0/s1. The normalized spacial score (nSPS) is 11.8. The van der Waals surface area contributed by atoms with Gasteiger partial charge in [0.25, 0.3) is 5.91 Å². The number of aromatic nitrogens is 5. The van der Waals surface area contributed by atoms with Crippen molar-refractivity contribution in [3.05, 3.63) is 118 Å². The van der Waals surface area contributed by atoms with Gasteiger partial charge in [0, 0.05) is 25.0 Å². The first-order valence-electron chi connectivity index (χ1n) is 12.7.